The number of aryl methyl sites for hydroxylation is 1. The first kappa shape index (κ1) is 15.3. The molecule has 3 heteroatoms. The van der Waals surface area contributed by atoms with Crippen molar-refractivity contribution in [1.82, 2.24) is 0 Å². The lowest BCUT2D eigenvalue weighted by molar-refractivity contribution is 0.632. The van der Waals surface area contributed by atoms with Gasteiger partial charge in [-0.15, -0.1) is 8.93 Å². The third-order valence-corrected chi connectivity index (χ3v) is 5.38. The molecule has 0 saturated heterocycles. The SMILES string of the molecule is Cc1ccc(-c2ccc(-c3ccc(PP)cc3)c(F)c2)cc1. The fraction of sp³-hybridized carbons (Fsp3) is 0.0526. The van der Waals surface area contributed by atoms with Crippen LogP contribution in [-0.2, 0) is 0 Å². The van der Waals surface area contributed by atoms with Crippen molar-refractivity contribution in [1.29, 1.82) is 0 Å². The van der Waals surface area contributed by atoms with Crippen molar-refractivity contribution >= 4 is 22.5 Å². The van der Waals surface area contributed by atoms with Gasteiger partial charge in [0.2, 0.25) is 0 Å². The first-order valence-electron chi connectivity index (χ1n) is 7.11. The summed E-state index contributed by atoms with van der Waals surface area (Å²) in [7, 11) is 3.41. The Hall–Kier alpha value is -1.55. The summed E-state index contributed by atoms with van der Waals surface area (Å²) in [4.78, 5) is 0. The van der Waals surface area contributed by atoms with E-state index in [2.05, 4.69) is 8.93 Å². The Morgan fingerprint density at radius 1 is 0.773 bits per heavy atom. The average molecular weight is 326 g/mol. The Labute approximate surface area is 134 Å². The van der Waals surface area contributed by atoms with E-state index in [-0.39, 0.29) is 5.82 Å². The van der Waals surface area contributed by atoms with Crippen molar-refractivity contribution in [2.75, 3.05) is 0 Å². The lowest BCUT2D eigenvalue weighted by atomic mass is 9.99. The minimum absolute atomic E-state index is 0.181. The lowest BCUT2D eigenvalue weighted by Gasteiger charge is -2.08. The quantitative estimate of drug-likeness (QED) is 0.553. The number of hydrogen-bond acceptors (Lipinski definition) is 0. The number of halogens is 1. The van der Waals surface area contributed by atoms with E-state index >= 15 is 0 Å². The smallest absolute Gasteiger partial charge is 0.131 e. The van der Waals surface area contributed by atoms with Gasteiger partial charge in [0.1, 0.15) is 5.82 Å². The van der Waals surface area contributed by atoms with Crippen molar-refractivity contribution < 1.29 is 4.39 Å². The monoisotopic (exact) mass is 326 g/mol. The molecule has 3 rings (SSSR count). The van der Waals surface area contributed by atoms with E-state index in [4.69, 9.17) is 0 Å². The Bertz CT molecular complexity index is 778. The summed E-state index contributed by atoms with van der Waals surface area (Å²) >= 11 is 0. The summed E-state index contributed by atoms with van der Waals surface area (Å²) < 4.78 is 14.5. The van der Waals surface area contributed by atoms with Gasteiger partial charge in [0.05, 0.1) is 0 Å². The Kier molecular flexibility index (Phi) is 4.67. The molecule has 3 aromatic carbocycles. The van der Waals surface area contributed by atoms with Gasteiger partial charge in [-0.25, -0.2) is 4.39 Å². The summed E-state index contributed by atoms with van der Waals surface area (Å²) in [5, 5.41) is 1.26. The molecule has 110 valence electrons. The van der Waals surface area contributed by atoms with Gasteiger partial charge in [-0.05, 0) is 35.0 Å². The van der Waals surface area contributed by atoms with Crippen molar-refractivity contribution in [3.05, 3.63) is 78.1 Å². The molecular formula is C19H17FP2. The van der Waals surface area contributed by atoms with Crippen molar-refractivity contribution in [3.8, 4) is 22.3 Å². The average Bonchev–Trinajstić information content (AvgIpc) is 2.56. The van der Waals surface area contributed by atoms with E-state index in [1.807, 2.05) is 67.6 Å². The van der Waals surface area contributed by atoms with Crippen LogP contribution in [0.3, 0.4) is 0 Å². The molecule has 0 N–H and O–H groups in total. The van der Waals surface area contributed by atoms with E-state index in [0.29, 0.717) is 13.8 Å². The highest BCUT2D eigenvalue weighted by atomic mass is 32.0. The molecule has 0 amide bonds. The van der Waals surface area contributed by atoms with Crippen LogP contribution < -0.4 is 5.30 Å². The molecule has 0 aliphatic heterocycles. The fourth-order valence-electron chi connectivity index (χ4n) is 2.42. The zero-order valence-electron chi connectivity index (χ0n) is 12.3. The molecule has 0 saturated carbocycles. The van der Waals surface area contributed by atoms with E-state index in [9.17, 15) is 4.39 Å². The Morgan fingerprint density at radius 3 is 1.95 bits per heavy atom. The summed E-state index contributed by atoms with van der Waals surface area (Å²) in [6.07, 6.45) is 0. The zero-order valence-corrected chi connectivity index (χ0v) is 14.5. The van der Waals surface area contributed by atoms with Gasteiger partial charge in [-0.2, -0.15) is 0 Å². The second-order valence-corrected chi connectivity index (χ2v) is 7.01. The maximum Gasteiger partial charge on any atom is 0.131 e. The van der Waals surface area contributed by atoms with Crippen LogP contribution >= 0.6 is 17.2 Å². The molecule has 0 spiro atoms. The topological polar surface area (TPSA) is 0 Å². The molecule has 0 aliphatic rings. The molecule has 3 aromatic rings. The highest BCUT2D eigenvalue weighted by Gasteiger charge is 2.07. The highest BCUT2D eigenvalue weighted by Crippen LogP contribution is 2.29. The van der Waals surface area contributed by atoms with E-state index in [0.717, 1.165) is 16.7 Å². The van der Waals surface area contributed by atoms with Crippen LogP contribution in [-0.4, -0.2) is 0 Å². The predicted molar refractivity (Wildman–Crippen MR) is 99.7 cm³/mol. The number of hydrogen-bond donors (Lipinski definition) is 0. The minimum Gasteiger partial charge on any atom is -0.206 e. The zero-order chi connectivity index (χ0) is 15.5. The molecule has 2 unspecified atom stereocenters. The van der Waals surface area contributed by atoms with Gasteiger partial charge in [0, 0.05) is 5.56 Å². The largest absolute Gasteiger partial charge is 0.206 e. The maximum absolute atomic E-state index is 14.5. The van der Waals surface area contributed by atoms with Gasteiger partial charge in [-0.3, -0.25) is 0 Å². The molecule has 0 bridgehead atoms. The summed E-state index contributed by atoms with van der Waals surface area (Å²) in [5.74, 6) is -0.181. The molecule has 0 radical (unpaired) electrons. The fourth-order valence-corrected chi connectivity index (χ4v) is 3.36. The normalized spacial score (nSPS) is 11.2. The van der Waals surface area contributed by atoms with Crippen molar-refractivity contribution in [2.24, 2.45) is 0 Å². The predicted octanol–water partition coefficient (Wildman–Crippen LogP) is 5.56. The van der Waals surface area contributed by atoms with Crippen LogP contribution in [0.25, 0.3) is 22.3 Å². The van der Waals surface area contributed by atoms with Gasteiger partial charge in [0.25, 0.3) is 0 Å². The molecular weight excluding hydrogens is 309 g/mol. The van der Waals surface area contributed by atoms with Gasteiger partial charge < -0.3 is 0 Å². The van der Waals surface area contributed by atoms with E-state index in [1.54, 1.807) is 6.07 Å². The number of benzene rings is 3. The molecule has 0 heterocycles. The molecule has 0 aromatic heterocycles. The first-order chi connectivity index (χ1) is 10.7. The van der Waals surface area contributed by atoms with Crippen molar-refractivity contribution in [2.45, 2.75) is 6.92 Å². The molecule has 0 nitrogen and oxygen atoms in total. The van der Waals surface area contributed by atoms with Crippen LogP contribution in [0, 0.1) is 12.7 Å². The Balaban J connectivity index is 1.96. The van der Waals surface area contributed by atoms with Crippen LogP contribution in [0.4, 0.5) is 4.39 Å². The molecule has 0 fully saturated rings. The van der Waals surface area contributed by atoms with Gasteiger partial charge >= 0.3 is 0 Å². The first-order valence-corrected chi connectivity index (χ1v) is 9.92. The molecule has 22 heavy (non-hydrogen) atoms. The molecule has 0 aliphatic carbocycles. The standard InChI is InChI=1S/C19H17FP2/c1-13-2-4-14(5-3-13)16-8-11-18(19(20)12-16)15-6-9-17(22-21)10-7-15/h2-12,22H,21H2,1H3. The van der Waals surface area contributed by atoms with E-state index in [1.165, 1.54) is 10.9 Å². The maximum atomic E-state index is 14.5. The second kappa shape index (κ2) is 6.69. The van der Waals surface area contributed by atoms with E-state index < -0.39 is 0 Å². The molecule has 2 atom stereocenters. The van der Waals surface area contributed by atoms with Crippen molar-refractivity contribution in [3.63, 3.8) is 0 Å². The summed E-state index contributed by atoms with van der Waals surface area (Å²) in [6, 6.07) is 21.7. The summed E-state index contributed by atoms with van der Waals surface area (Å²) in [5.41, 5.74) is 4.71. The van der Waals surface area contributed by atoms with Crippen LogP contribution in [0.1, 0.15) is 5.56 Å². The van der Waals surface area contributed by atoms with Crippen LogP contribution in [0.2, 0.25) is 0 Å². The summed E-state index contributed by atoms with van der Waals surface area (Å²) in [6.45, 7) is 2.05. The Morgan fingerprint density at radius 2 is 1.36 bits per heavy atom. The van der Waals surface area contributed by atoms with Gasteiger partial charge in [0.15, 0.2) is 0 Å². The third kappa shape index (κ3) is 3.27. The minimum atomic E-state index is -0.181. The van der Waals surface area contributed by atoms with Gasteiger partial charge in [-0.1, -0.05) is 74.5 Å². The van der Waals surface area contributed by atoms with Crippen LogP contribution in [0.5, 0.6) is 0 Å². The van der Waals surface area contributed by atoms with Crippen LogP contribution in [0.15, 0.2) is 66.7 Å². The lowest BCUT2D eigenvalue weighted by Crippen LogP contribution is -1.92. The number of rotatable bonds is 3. The highest BCUT2D eigenvalue weighted by molar-refractivity contribution is 8.06. The second-order valence-electron chi connectivity index (χ2n) is 5.28. The third-order valence-electron chi connectivity index (χ3n) is 3.72.